The van der Waals surface area contributed by atoms with Crippen LogP contribution in [0.3, 0.4) is 0 Å². The lowest BCUT2D eigenvalue weighted by Crippen LogP contribution is -2.32. The van der Waals surface area contributed by atoms with Gasteiger partial charge >= 0.3 is 5.69 Å². The van der Waals surface area contributed by atoms with Gasteiger partial charge in [0.15, 0.2) is 0 Å². The van der Waals surface area contributed by atoms with Crippen molar-refractivity contribution in [3.8, 4) is 0 Å². The van der Waals surface area contributed by atoms with Crippen molar-refractivity contribution >= 4 is 17.4 Å². The largest absolute Gasteiger partial charge is 0.355 e. The van der Waals surface area contributed by atoms with Gasteiger partial charge in [-0.15, -0.1) is 0 Å². The van der Waals surface area contributed by atoms with Crippen LogP contribution in [0.5, 0.6) is 0 Å². The lowest BCUT2D eigenvalue weighted by Gasteiger charge is -2.09. The second kappa shape index (κ2) is 6.67. The first-order chi connectivity index (χ1) is 8.90. The van der Waals surface area contributed by atoms with E-state index < -0.39 is 4.92 Å². The summed E-state index contributed by atoms with van der Waals surface area (Å²) in [6.45, 7) is 6.23. The smallest absolute Gasteiger partial charge is 0.311 e. The maximum atomic E-state index is 11.5. The van der Waals surface area contributed by atoms with Gasteiger partial charge in [0.05, 0.1) is 11.5 Å². The van der Waals surface area contributed by atoms with Gasteiger partial charge in [0.2, 0.25) is 11.7 Å². The van der Waals surface area contributed by atoms with E-state index in [0.29, 0.717) is 18.0 Å². The summed E-state index contributed by atoms with van der Waals surface area (Å²) in [5.41, 5.74) is 0.568. The first-order valence-corrected chi connectivity index (χ1v) is 6.01. The Kier molecular flexibility index (Phi) is 5.23. The van der Waals surface area contributed by atoms with Crippen LogP contribution in [0.4, 0.5) is 11.5 Å². The zero-order chi connectivity index (χ0) is 14.4. The molecule has 7 nitrogen and oxygen atoms in total. The van der Waals surface area contributed by atoms with E-state index >= 15 is 0 Å². The molecule has 0 radical (unpaired) electrons. The van der Waals surface area contributed by atoms with Crippen LogP contribution < -0.4 is 10.6 Å². The van der Waals surface area contributed by atoms with Crippen molar-refractivity contribution in [2.24, 2.45) is 5.92 Å². The van der Waals surface area contributed by atoms with Gasteiger partial charge in [0.25, 0.3) is 0 Å². The lowest BCUT2D eigenvalue weighted by molar-refractivity contribution is -0.384. The fourth-order valence-corrected chi connectivity index (χ4v) is 1.37. The molecule has 0 aliphatic rings. The minimum Gasteiger partial charge on any atom is -0.355 e. The van der Waals surface area contributed by atoms with E-state index in [0.717, 1.165) is 0 Å². The van der Waals surface area contributed by atoms with E-state index in [4.69, 9.17) is 0 Å². The molecule has 0 bridgehead atoms. The van der Waals surface area contributed by atoms with Crippen molar-refractivity contribution < 1.29 is 9.72 Å². The summed E-state index contributed by atoms with van der Waals surface area (Å²) in [5, 5.41) is 16.3. The van der Waals surface area contributed by atoms with Crippen molar-refractivity contribution in [3.05, 3.63) is 27.9 Å². The zero-order valence-corrected chi connectivity index (χ0v) is 11.3. The summed E-state index contributed by atoms with van der Waals surface area (Å²) in [6.07, 6.45) is 1.52. The maximum absolute atomic E-state index is 11.5. The minimum atomic E-state index is -0.519. The van der Waals surface area contributed by atoms with Crippen molar-refractivity contribution in [3.63, 3.8) is 0 Å². The molecule has 0 spiro atoms. The van der Waals surface area contributed by atoms with Crippen LogP contribution in [0, 0.1) is 23.0 Å². The highest BCUT2D eigenvalue weighted by molar-refractivity contribution is 5.81. The third kappa shape index (κ3) is 4.90. The summed E-state index contributed by atoms with van der Waals surface area (Å²) >= 11 is 0. The number of amides is 1. The van der Waals surface area contributed by atoms with Crippen molar-refractivity contribution in [2.45, 2.75) is 20.8 Å². The van der Waals surface area contributed by atoms with Gasteiger partial charge in [0.1, 0.15) is 0 Å². The summed E-state index contributed by atoms with van der Waals surface area (Å²) in [4.78, 5) is 25.8. The highest BCUT2D eigenvalue weighted by atomic mass is 16.6. The van der Waals surface area contributed by atoms with Crippen LogP contribution in [0.25, 0.3) is 0 Å². The number of pyridine rings is 1. The monoisotopic (exact) mass is 266 g/mol. The van der Waals surface area contributed by atoms with Crippen LogP contribution in [0.15, 0.2) is 12.3 Å². The molecule has 1 amide bonds. The summed E-state index contributed by atoms with van der Waals surface area (Å²) in [6, 6.07) is 1.42. The number of hydrogen-bond donors (Lipinski definition) is 2. The molecule has 0 aliphatic carbocycles. The topological polar surface area (TPSA) is 97.2 Å². The normalized spacial score (nSPS) is 10.3. The maximum Gasteiger partial charge on any atom is 0.311 e. The number of carbonyl (C=O) groups is 1. The van der Waals surface area contributed by atoms with Gasteiger partial charge < -0.3 is 10.6 Å². The molecule has 0 aliphatic heterocycles. The Labute approximate surface area is 111 Å². The highest BCUT2D eigenvalue weighted by Gasteiger charge is 2.15. The molecule has 7 heteroatoms. The molecule has 0 fully saturated rings. The Hall–Kier alpha value is -2.18. The number of aryl methyl sites for hydroxylation is 1. The molecule has 0 unspecified atom stereocenters. The molecule has 0 atom stereocenters. The molecule has 2 N–H and O–H groups in total. The van der Waals surface area contributed by atoms with Gasteiger partial charge in [-0.3, -0.25) is 14.9 Å². The number of nitrogens with one attached hydrogen (secondary N) is 2. The van der Waals surface area contributed by atoms with Crippen molar-refractivity contribution in [2.75, 3.05) is 18.4 Å². The van der Waals surface area contributed by atoms with E-state index in [9.17, 15) is 14.9 Å². The number of carbonyl (C=O) groups excluding carboxylic acids is 1. The average Bonchev–Trinajstić information content (AvgIpc) is 2.34. The molecule has 0 aromatic carbocycles. The summed E-state index contributed by atoms with van der Waals surface area (Å²) < 4.78 is 0. The molecule has 1 aromatic heterocycles. The Morgan fingerprint density at radius 1 is 1.53 bits per heavy atom. The van der Waals surface area contributed by atoms with Gasteiger partial charge in [-0.1, -0.05) is 13.8 Å². The van der Waals surface area contributed by atoms with Crippen molar-refractivity contribution in [1.29, 1.82) is 0 Å². The number of nitrogens with zero attached hydrogens (tertiary/aromatic N) is 2. The van der Waals surface area contributed by atoms with Crippen LogP contribution >= 0.6 is 0 Å². The Morgan fingerprint density at radius 2 is 2.21 bits per heavy atom. The van der Waals surface area contributed by atoms with Gasteiger partial charge in [-0.25, -0.2) is 4.98 Å². The van der Waals surface area contributed by atoms with E-state index in [1.165, 1.54) is 12.3 Å². The predicted octanol–water partition coefficient (Wildman–Crippen LogP) is 1.48. The standard InChI is InChI=1S/C12H18N4O3/c1-8(2)5-13-11(17)7-15-12-10(16(18)19)4-9(3)6-14-12/h4,6,8H,5,7H2,1-3H3,(H,13,17)(H,14,15). The second-order valence-electron chi connectivity index (χ2n) is 4.69. The first kappa shape index (κ1) is 14.9. The van der Waals surface area contributed by atoms with Crippen LogP contribution in [0.1, 0.15) is 19.4 Å². The lowest BCUT2D eigenvalue weighted by atomic mass is 10.2. The van der Waals surface area contributed by atoms with E-state index in [1.54, 1.807) is 6.92 Å². The number of hydrogen-bond acceptors (Lipinski definition) is 5. The molecule has 1 rings (SSSR count). The van der Waals surface area contributed by atoms with E-state index in [2.05, 4.69) is 15.6 Å². The molecular weight excluding hydrogens is 248 g/mol. The minimum absolute atomic E-state index is 0.0381. The number of nitro groups is 1. The summed E-state index contributed by atoms with van der Waals surface area (Å²) in [5.74, 6) is 0.247. The SMILES string of the molecule is Cc1cnc(NCC(=O)NCC(C)C)c([N+](=O)[O-])c1. The van der Waals surface area contributed by atoms with Gasteiger partial charge in [-0.05, 0) is 18.4 Å². The molecular formula is C12H18N4O3. The zero-order valence-electron chi connectivity index (χ0n) is 11.3. The summed E-state index contributed by atoms with van der Waals surface area (Å²) in [7, 11) is 0. The third-order valence-corrected chi connectivity index (χ3v) is 2.32. The second-order valence-corrected chi connectivity index (χ2v) is 4.69. The molecule has 1 heterocycles. The Morgan fingerprint density at radius 3 is 2.79 bits per heavy atom. The molecule has 1 aromatic rings. The van der Waals surface area contributed by atoms with Crippen LogP contribution in [-0.4, -0.2) is 28.9 Å². The quantitative estimate of drug-likeness (QED) is 0.600. The third-order valence-electron chi connectivity index (χ3n) is 2.32. The van der Waals surface area contributed by atoms with Gasteiger partial charge in [-0.2, -0.15) is 0 Å². The van der Waals surface area contributed by atoms with E-state index in [1.807, 2.05) is 13.8 Å². The fraction of sp³-hybridized carbons (Fsp3) is 0.500. The number of aromatic nitrogens is 1. The number of anilines is 1. The Bertz CT molecular complexity index is 474. The Balaban J connectivity index is 2.62. The fourth-order valence-electron chi connectivity index (χ4n) is 1.37. The first-order valence-electron chi connectivity index (χ1n) is 6.01. The number of rotatable bonds is 6. The highest BCUT2D eigenvalue weighted by Crippen LogP contribution is 2.21. The van der Waals surface area contributed by atoms with Crippen molar-refractivity contribution in [1.82, 2.24) is 10.3 Å². The van der Waals surface area contributed by atoms with Crippen LogP contribution in [-0.2, 0) is 4.79 Å². The molecule has 0 saturated heterocycles. The molecule has 104 valence electrons. The van der Waals surface area contributed by atoms with Gasteiger partial charge in [0, 0.05) is 18.8 Å². The average molecular weight is 266 g/mol. The van der Waals surface area contributed by atoms with Crippen LogP contribution in [0.2, 0.25) is 0 Å². The van der Waals surface area contributed by atoms with E-state index in [-0.39, 0.29) is 24.0 Å². The molecule has 0 saturated carbocycles. The molecule has 19 heavy (non-hydrogen) atoms. The predicted molar refractivity (Wildman–Crippen MR) is 72.0 cm³/mol.